The Morgan fingerprint density at radius 3 is 3.08 bits per heavy atom. The summed E-state index contributed by atoms with van der Waals surface area (Å²) < 4.78 is 0. The number of hydrogen-bond acceptors (Lipinski definition) is 1. The van der Waals surface area contributed by atoms with Gasteiger partial charge in [0.05, 0.1) is 0 Å². The maximum atomic E-state index is 3.44. The van der Waals surface area contributed by atoms with Crippen molar-refractivity contribution in [3.63, 3.8) is 0 Å². The van der Waals surface area contributed by atoms with Gasteiger partial charge in [0.1, 0.15) is 0 Å². The highest BCUT2D eigenvalue weighted by Crippen LogP contribution is 2.27. The van der Waals surface area contributed by atoms with Crippen LogP contribution in [0, 0.1) is 12.0 Å². The first-order chi connectivity index (χ1) is 5.95. The lowest BCUT2D eigenvalue weighted by Crippen LogP contribution is -2.15. The van der Waals surface area contributed by atoms with Crippen molar-refractivity contribution in [2.24, 2.45) is 5.92 Å². The first kappa shape index (κ1) is 7.81. The van der Waals surface area contributed by atoms with E-state index in [1.54, 1.807) is 0 Å². The monoisotopic (exact) mass is 160 g/mol. The van der Waals surface area contributed by atoms with Crippen LogP contribution in [0.25, 0.3) is 0 Å². The Balaban J connectivity index is 1.72. The van der Waals surface area contributed by atoms with Crippen molar-refractivity contribution in [1.82, 2.24) is 5.32 Å². The molecule has 12 heavy (non-hydrogen) atoms. The van der Waals surface area contributed by atoms with Crippen LogP contribution in [-0.2, 0) is 6.54 Å². The van der Waals surface area contributed by atoms with Crippen molar-refractivity contribution in [2.75, 3.05) is 6.54 Å². The summed E-state index contributed by atoms with van der Waals surface area (Å²) in [6.45, 7) is 2.18. The largest absolute Gasteiger partial charge is 0.312 e. The third-order valence-corrected chi connectivity index (χ3v) is 2.23. The van der Waals surface area contributed by atoms with Crippen LogP contribution >= 0.6 is 0 Å². The van der Waals surface area contributed by atoms with Gasteiger partial charge < -0.3 is 5.32 Å². The number of rotatable bonds is 4. The zero-order valence-electron chi connectivity index (χ0n) is 7.22. The molecule has 1 aromatic rings. The number of benzene rings is 1. The van der Waals surface area contributed by atoms with Gasteiger partial charge in [-0.3, -0.25) is 0 Å². The zero-order valence-corrected chi connectivity index (χ0v) is 7.22. The molecule has 0 bridgehead atoms. The van der Waals surface area contributed by atoms with Gasteiger partial charge in [0, 0.05) is 6.54 Å². The second kappa shape index (κ2) is 3.72. The highest BCUT2D eigenvalue weighted by molar-refractivity contribution is 5.13. The van der Waals surface area contributed by atoms with Crippen LogP contribution in [0.2, 0.25) is 0 Å². The molecule has 0 aromatic heterocycles. The quantitative estimate of drug-likeness (QED) is 0.710. The summed E-state index contributed by atoms with van der Waals surface area (Å²) in [6.07, 6.45) is 2.85. The molecule has 0 unspecified atom stereocenters. The average molecular weight is 160 g/mol. The Morgan fingerprint density at radius 1 is 1.50 bits per heavy atom. The van der Waals surface area contributed by atoms with E-state index in [0.29, 0.717) is 0 Å². The first-order valence-corrected chi connectivity index (χ1v) is 4.61. The molecule has 0 saturated heterocycles. The molecule has 1 aliphatic carbocycles. The molecule has 63 valence electrons. The van der Waals surface area contributed by atoms with Crippen LogP contribution in [0.4, 0.5) is 0 Å². The highest BCUT2D eigenvalue weighted by Gasteiger charge is 2.19. The third-order valence-electron chi connectivity index (χ3n) is 2.23. The van der Waals surface area contributed by atoms with Gasteiger partial charge >= 0.3 is 0 Å². The Hall–Kier alpha value is -0.820. The summed E-state index contributed by atoms with van der Waals surface area (Å²) in [4.78, 5) is 0. The predicted molar refractivity (Wildman–Crippen MR) is 49.7 cm³/mol. The molecule has 0 amide bonds. The SMILES string of the molecule is [c]1cccc(CNCC2CC2)c1. The summed E-state index contributed by atoms with van der Waals surface area (Å²) in [5.74, 6) is 0.970. The molecule has 1 heteroatoms. The minimum absolute atomic E-state index is 0.970. The Bertz CT molecular complexity index is 226. The molecule has 1 aliphatic rings. The summed E-state index contributed by atoms with van der Waals surface area (Å²) >= 11 is 0. The van der Waals surface area contributed by atoms with Crippen LogP contribution in [0.3, 0.4) is 0 Å². The maximum Gasteiger partial charge on any atom is 0.0205 e. The minimum Gasteiger partial charge on any atom is -0.312 e. The van der Waals surface area contributed by atoms with E-state index >= 15 is 0 Å². The van der Waals surface area contributed by atoms with Crippen molar-refractivity contribution in [3.8, 4) is 0 Å². The average Bonchev–Trinajstić information content (AvgIpc) is 2.90. The van der Waals surface area contributed by atoms with Gasteiger partial charge in [-0.25, -0.2) is 0 Å². The van der Waals surface area contributed by atoms with Gasteiger partial charge in [0.15, 0.2) is 0 Å². The second-order valence-electron chi connectivity index (χ2n) is 3.49. The fraction of sp³-hybridized carbons (Fsp3) is 0.455. The standard InChI is InChI=1S/C11H14N/c1-2-4-10(5-3-1)8-12-9-11-6-7-11/h1-2,4-5,11-12H,6-9H2. The van der Waals surface area contributed by atoms with Crippen LogP contribution in [0.5, 0.6) is 0 Å². The van der Waals surface area contributed by atoms with Crippen molar-refractivity contribution in [3.05, 3.63) is 35.9 Å². The van der Waals surface area contributed by atoms with Crippen LogP contribution in [-0.4, -0.2) is 6.54 Å². The lowest BCUT2D eigenvalue weighted by Gasteiger charge is -2.02. The predicted octanol–water partition coefficient (Wildman–Crippen LogP) is 1.99. The molecule has 1 N–H and O–H groups in total. The molecule has 2 rings (SSSR count). The van der Waals surface area contributed by atoms with Gasteiger partial charge in [-0.1, -0.05) is 18.2 Å². The maximum absolute atomic E-state index is 3.44. The van der Waals surface area contributed by atoms with Gasteiger partial charge in [0.2, 0.25) is 0 Å². The first-order valence-electron chi connectivity index (χ1n) is 4.61. The van der Waals surface area contributed by atoms with E-state index in [2.05, 4.69) is 17.4 Å². The topological polar surface area (TPSA) is 12.0 Å². The van der Waals surface area contributed by atoms with Gasteiger partial charge in [-0.15, -0.1) is 0 Å². The molecule has 1 radical (unpaired) electrons. The summed E-state index contributed by atoms with van der Waals surface area (Å²) in [5.41, 5.74) is 1.33. The fourth-order valence-electron chi connectivity index (χ4n) is 1.28. The fourth-order valence-corrected chi connectivity index (χ4v) is 1.28. The minimum atomic E-state index is 0.970. The summed E-state index contributed by atoms with van der Waals surface area (Å²) in [5, 5.41) is 3.44. The molecule has 1 saturated carbocycles. The number of hydrogen-bond donors (Lipinski definition) is 1. The molecule has 0 heterocycles. The van der Waals surface area contributed by atoms with E-state index in [0.717, 1.165) is 12.5 Å². The lowest BCUT2D eigenvalue weighted by molar-refractivity contribution is 0.638. The van der Waals surface area contributed by atoms with Crippen molar-refractivity contribution < 1.29 is 0 Å². The molecule has 1 fully saturated rings. The Labute approximate surface area is 73.8 Å². The third kappa shape index (κ3) is 2.35. The normalized spacial score (nSPS) is 16.3. The van der Waals surface area contributed by atoms with Crippen molar-refractivity contribution in [2.45, 2.75) is 19.4 Å². The summed E-state index contributed by atoms with van der Waals surface area (Å²) in [6, 6.07) is 11.2. The Morgan fingerprint density at radius 2 is 2.42 bits per heavy atom. The summed E-state index contributed by atoms with van der Waals surface area (Å²) in [7, 11) is 0. The highest BCUT2D eigenvalue weighted by atomic mass is 14.9. The van der Waals surface area contributed by atoms with Crippen LogP contribution in [0.1, 0.15) is 18.4 Å². The van der Waals surface area contributed by atoms with Gasteiger partial charge in [-0.05, 0) is 43.0 Å². The van der Waals surface area contributed by atoms with E-state index in [9.17, 15) is 0 Å². The van der Waals surface area contributed by atoms with E-state index < -0.39 is 0 Å². The van der Waals surface area contributed by atoms with Gasteiger partial charge in [-0.2, -0.15) is 0 Å². The second-order valence-corrected chi connectivity index (χ2v) is 3.49. The van der Waals surface area contributed by atoms with Crippen LogP contribution in [0.15, 0.2) is 24.3 Å². The molecular weight excluding hydrogens is 146 g/mol. The van der Waals surface area contributed by atoms with E-state index in [-0.39, 0.29) is 0 Å². The Kier molecular flexibility index (Phi) is 2.42. The lowest BCUT2D eigenvalue weighted by atomic mass is 10.2. The smallest absolute Gasteiger partial charge is 0.0205 e. The molecule has 1 aromatic carbocycles. The molecule has 0 spiro atoms. The van der Waals surface area contributed by atoms with Crippen molar-refractivity contribution >= 4 is 0 Å². The van der Waals surface area contributed by atoms with E-state index in [1.165, 1.54) is 24.9 Å². The van der Waals surface area contributed by atoms with E-state index in [4.69, 9.17) is 0 Å². The van der Waals surface area contributed by atoms with Gasteiger partial charge in [0.25, 0.3) is 0 Å². The molecular formula is C11H14N. The zero-order chi connectivity index (χ0) is 8.23. The van der Waals surface area contributed by atoms with Crippen LogP contribution < -0.4 is 5.32 Å². The molecule has 0 atom stereocenters. The molecule has 0 aliphatic heterocycles. The molecule has 1 nitrogen and oxygen atoms in total. The van der Waals surface area contributed by atoms with E-state index in [1.807, 2.05) is 18.2 Å². The number of nitrogens with one attached hydrogen (secondary N) is 1. The van der Waals surface area contributed by atoms with Crippen molar-refractivity contribution in [1.29, 1.82) is 0 Å².